The minimum atomic E-state index is -4.70. The average molecular weight is 575 g/mol. The Hall–Kier alpha value is -4.10. The summed E-state index contributed by atoms with van der Waals surface area (Å²) in [5.41, 5.74) is 3.06. The highest BCUT2D eigenvalue weighted by atomic mass is 19.4. The van der Waals surface area contributed by atoms with Crippen molar-refractivity contribution >= 4 is 11.4 Å². The van der Waals surface area contributed by atoms with Crippen LogP contribution in [0.25, 0.3) is 11.1 Å². The van der Waals surface area contributed by atoms with Crippen LogP contribution in [0.4, 0.5) is 33.3 Å². The number of alkyl halides is 5. The van der Waals surface area contributed by atoms with Crippen LogP contribution in [0.5, 0.6) is 0 Å². The Morgan fingerprint density at radius 3 is 1.71 bits per heavy atom. The summed E-state index contributed by atoms with van der Waals surface area (Å²) < 4.78 is 68.2. The fourth-order valence-corrected chi connectivity index (χ4v) is 4.71. The van der Waals surface area contributed by atoms with Crippen molar-refractivity contribution < 1.29 is 32.2 Å². The molecule has 0 radical (unpaired) electrons. The normalized spacial score (nSPS) is 17.2. The highest BCUT2D eigenvalue weighted by Gasteiger charge is 2.39. The Balaban J connectivity index is 1.16. The van der Waals surface area contributed by atoms with Gasteiger partial charge >= 0.3 is 6.18 Å². The van der Waals surface area contributed by atoms with Crippen molar-refractivity contribution in [1.29, 1.82) is 0 Å². The Kier molecular flexibility index (Phi) is 8.18. The lowest BCUT2D eigenvalue weighted by atomic mass is 10.0. The summed E-state index contributed by atoms with van der Waals surface area (Å²) in [7, 11) is 0. The Bertz CT molecular complexity index is 1390. The van der Waals surface area contributed by atoms with Crippen molar-refractivity contribution in [3.8, 4) is 11.1 Å². The van der Waals surface area contributed by atoms with Gasteiger partial charge in [0.15, 0.2) is 12.3 Å². The maximum absolute atomic E-state index is 14.7. The van der Waals surface area contributed by atoms with Crippen LogP contribution in [-0.4, -0.2) is 68.4 Å². The van der Waals surface area contributed by atoms with Gasteiger partial charge in [0.2, 0.25) is 6.30 Å². The molecule has 2 aromatic heterocycles. The molecule has 0 aliphatic carbocycles. The third-order valence-corrected chi connectivity index (χ3v) is 7.10. The Morgan fingerprint density at radius 2 is 1.22 bits per heavy atom. The first-order chi connectivity index (χ1) is 19.6. The van der Waals surface area contributed by atoms with Gasteiger partial charge in [0.05, 0.1) is 5.69 Å². The molecule has 2 N–H and O–H groups in total. The molecule has 0 saturated carbocycles. The van der Waals surface area contributed by atoms with Gasteiger partial charge in [-0.3, -0.25) is 9.55 Å². The fraction of sp³-hybridized carbons (Fsp3) is 0.321. The average Bonchev–Trinajstić information content (AvgIpc) is 3.55. The number of aliphatic hydroxyl groups excluding tert-OH is 2. The Morgan fingerprint density at radius 1 is 0.707 bits per heavy atom. The number of nitrogens with zero attached hydrogens (tertiary/aromatic N) is 6. The van der Waals surface area contributed by atoms with Gasteiger partial charge in [-0.25, -0.2) is 8.78 Å². The van der Waals surface area contributed by atoms with Crippen LogP contribution in [0.15, 0.2) is 79.5 Å². The molecule has 1 aliphatic rings. The van der Waals surface area contributed by atoms with E-state index in [1.54, 1.807) is 18.2 Å². The SMILES string of the molecule is OC(C(F)c1ccc(-c2ccc(N3CCN(c4ccc(C(O)C(F)(F)F)cc4)CC3)cc2)cn1)C(F)n1cnnc1. The van der Waals surface area contributed by atoms with E-state index in [0.717, 1.165) is 39.7 Å². The molecule has 13 heteroatoms. The molecular formula is C28H27F5N6O2. The predicted octanol–water partition coefficient (Wildman–Crippen LogP) is 4.80. The smallest absolute Gasteiger partial charge is 0.385 e. The van der Waals surface area contributed by atoms with Crippen LogP contribution in [0.2, 0.25) is 0 Å². The van der Waals surface area contributed by atoms with Crippen molar-refractivity contribution in [3.05, 3.63) is 90.8 Å². The predicted molar refractivity (Wildman–Crippen MR) is 142 cm³/mol. The van der Waals surface area contributed by atoms with Gasteiger partial charge in [0.1, 0.15) is 18.8 Å². The minimum Gasteiger partial charge on any atom is -0.385 e. The molecule has 0 bridgehead atoms. The van der Waals surface area contributed by atoms with Gasteiger partial charge in [0.25, 0.3) is 0 Å². The second kappa shape index (κ2) is 11.8. The molecule has 8 nitrogen and oxygen atoms in total. The topological polar surface area (TPSA) is 90.5 Å². The molecule has 3 heterocycles. The molecule has 1 saturated heterocycles. The molecular weight excluding hydrogens is 547 g/mol. The zero-order valence-electron chi connectivity index (χ0n) is 21.6. The first kappa shape index (κ1) is 28.4. The molecule has 1 aliphatic heterocycles. The van der Waals surface area contributed by atoms with E-state index in [9.17, 15) is 32.2 Å². The van der Waals surface area contributed by atoms with Crippen molar-refractivity contribution in [3.63, 3.8) is 0 Å². The van der Waals surface area contributed by atoms with Crippen LogP contribution >= 0.6 is 0 Å². The summed E-state index contributed by atoms with van der Waals surface area (Å²) in [4.78, 5) is 8.36. The van der Waals surface area contributed by atoms with Gasteiger partial charge < -0.3 is 20.0 Å². The van der Waals surface area contributed by atoms with Crippen LogP contribution in [0.1, 0.15) is 29.8 Å². The second-order valence-corrected chi connectivity index (χ2v) is 9.70. The number of aromatic nitrogens is 4. The van der Waals surface area contributed by atoms with E-state index in [4.69, 9.17) is 0 Å². The molecule has 4 atom stereocenters. The maximum Gasteiger partial charge on any atom is 0.418 e. The standard InChI is InChI=1S/C28H27F5N6O2/c29-24(25(40)27(30)39-16-35-36-17-39)23-10-5-20(15-34-23)18-1-6-21(7-2-18)37-11-13-38(14-12-37)22-8-3-19(4-9-22)26(41)28(31,32)33/h1-10,15-17,24-27,40-41H,11-14H2. The molecule has 0 amide bonds. The van der Waals surface area contributed by atoms with E-state index in [2.05, 4.69) is 25.0 Å². The van der Waals surface area contributed by atoms with Crippen molar-refractivity contribution in [2.75, 3.05) is 36.0 Å². The molecule has 0 spiro atoms. The summed E-state index contributed by atoms with van der Waals surface area (Å²) in [6, 6.07) is 16.6. The Labute approximate surface area is 232 Å². The second-order valence-electron chi connectivity index (χ2n) is 9.70. The van der Waals surface area contributed by atoms with Gasteiger partial charge in [-0.15, -0.1) is 10.2 Å². The third-order valence-electron chi connectivity index (χ3n) is 7.10. The first-order valence-corrected chi connectivity index (χ1v) is 12.8. The van der Waals surface area contributed by atoms with E-state index in [-0.39, 0.29) is 11.3 Å². The highest BCUT2D eigenvalue weighted by Crippen LogP contribution is 2.34. The number of pyridine rings is 1. The lowest BCUT2D eigenvalue weighted by Crippen LogP contribution is -2.46. The number of benzene rings is 2. The number of rotatable bonds is 8. The number of piperazine rings is 1. The zero-order valence-corrected chi connectivity index (χ0v) is 21.6. The monoisotopic (exact) mass is 574 g/mol. The van der Waals surface area contributed by atoms with Crippen LogP contribution in [0, 0.1) is 0 Å². The number of hydrogen-bond acceptors (Lipinski definition) is 7. The number of hydrogen-bond donors (Lipinski definition) is 2. The molecule has 41 heavy (non-hydrogen) atoms. The van der Waals surface area contributed by atoms with E-state index in [1.807, 2.05) is 24.3 Å². The van der Waals surface area contributed by atoms with Gasteiger partial charge in [-0.1, -0.05) is 30.3 Å². The summed E-state index contributed by atoms with van der Waals surface area (Å²) in [6.07, 6.45) is -9.73. The van der Waals surface area contributed by atoms with Gasteiger partial charge in [0, 0.05) is 49.3 Å². The highest BCUT2D eigenvalue weighted by molar-refractivity contribution is 5.66. The van der Waals surface area contributed by atoms with Crippen LogP contribution < -0.4 is 9.80 Å². The summed E-state index contributed by atoms with van der Waals surface area (Å²) in [5, 5.41) is 26.4. The van der Waals surface area contributed by atoms with Gasteiger partial charge in [-0.2, -0.15) is 13.2 Å². The lowest BCUT2D eigenvalue weighted by molar-refractivity contribution is -0.206. The largest absolute Gasteiger partial charge is 0.418 e. The molecule has 216 valence electrons. The van der Waals surface area contributed by atoms with Crippen molar-refractivity contribution in [1.82, 2.24) is 19.7 Å². The van der Waals surface area contributed by atoms with E-state index in [1.165, 1.54) is 24.4 Å². The minimum absolute atomic E-state index is 0.0994. The maximum atomic E-state index is 14.7. The lowest BCUT2D eigenvalue weighted by Gasteiger charge is -2.37. The number of halogens is 5. The summed E-state index contributed by atoms with van der Waals surface area (Å²) >= 11 is 0. The fourth-order valence-electron chi connectivity index (χ4n) is 4.71. The van der Waals surface area contributed by atoms with Gasteiger partial charge in [-0.05, 0) is 41.5 Å². The molecule has 4 unspecified atom stereocenters. The quantitative estimate of drug-likeness (QED) is 0.292. The molecule has 1 fully saturated rings. The van der Waals surface area contributed by atoms with E-state index in [0.29, 0.717) is 26.2 Å². The van der Waals surface area contributed by atoms with E-state index < -0.39 is 30.9 Å². The van der Waals surface area contributed by atoms with Crippen molar-refractivity contribution in [2.24, 2.45) is 0 Å². The van der Waals surface area contributed by atoms with Crippen molar-refractivity contribution in [2.45, 2.75) is 30.9 Å². The van der Waals surface area contributed by atoms with Crippen LogP contribution in [-0.2, 0) is 0 Å². The van der Waals surface area contributed by atoms with E-state index >= 15 is 0 Å². The molecule has 5 rings (SSSR count). The first-order valence-electron chi connectivity index (χ1n) is 12.8. The van der Waals surface area contributed by atoms with Crippen LogP contribution in [0.3, 0.4) is 0 Å². The third kappa shape index (κ3) is 6.30. The molecule has 4 aromatic rings. The number of aliphatic hydroxyl groups is 2. The summed E-state index contributed by atoms with van der Waals surface area (Å²) in [5.74, 6) is 0. The molecule has 2 aromatic carbocycles. The number of anilines is 2. The zero-order chi connectivity index (χ0) is 29.1. The summed E-state index contributed by atoms with van der Waals surface area (Å²) in [6.45, 7) is 2.74.